The standard InChI is InChI=1S/C17H12ClF2N3O/c18-12-3-1-11(2-4-12)16-17(24-16,8-23-10-21-9-22-23)14-6-5-13(19)7-15(14)20/h1-7,9-10,16H,8H2. The molecular weight excluding hydrogens is 336 g/mol. The second-order valence-electron chi connectivity index (χ2n) is 5.66. The van der Waals surface area contributed by atoms with Crippen LogP contribution in [0.2, 0.25) is 5.02 Å². The number of benzene rings is 2. The molecule has 0 spiro atoms. The van der Waals surface area contributed by atoms with Crippen molar-refractivity contribution in [2.24, 2.45) is 0 Å². The second-order valence-corrected chi connectivity index (χ2v) is 6.09. The summed E-state index contributed by atoms with van der Waals surface area (Å²) >= 11 is 5.92. The van der Waals surface area contributed by atoms with Crippen molar-refractivity contribution in [3.63, 3.8) is 0 Å². The van der Waals surface area contributed by atoms with Crippen LogP contribution in [-0.2, 0) is 16.9 Å². The fourth-order valence-electron chi connectivity index (χ4n) is 2.95. The first-order valence-corrected chi connectivity index (χ1v) is 7.67. The van der Waals surface area contributed by atoms with E-state index in [0.717, 1.165) is 11.6 Å². The van der Waals surface area contributed by atoms with Crippen LogP contribution in [0.5, 0.6) is 0 Å². The van der Waals surface area contributed by atoms with Crippen molar-refractivity contribution in [1.29, 1.82) is 0 Å². The molecule has 0 N–H and O–H groups in total. The Morgan fingerprint density at radius 3 is 2.62 bits per heavy atom. The summed E-state index contributed by atoms with van der Waals surface area (Å²) in [4.78, 5) is 3.90. The zero-order valence-electron chi connectivity index (χ0n) is 12.4. The van der Waals surface area contributed by atoms with Gasteiger partial charge in [-0.25, -0.2) is 18.4 Å². The smallest absolute Gasteiger partial charge is 0.147 e. The fourth-order valence-corrected chi connectivity index (χ4v) is 3.07. The van der Waals surface area contributed by atoms with Gasteiger partial charge in [-0.1, -0.05) is 29.8 Å². The van der Waals surface area contributed by atoms with E-state index in [9.17, 15) is 8.78 Å². The minimum absolute atomic E-state index is 0.267. The van der Waals surface area contributed by atoms with E-state index in [0.29, 0.717) is 10.6 Å². The van der Waals surface area contributed by atoms with Crippen molar-refractivity contribution in [2.75, 3.05) is 0 Å². The van der Waals surface area contributed by atoms with E-state index in [-0.39, 0.29) is 12.6 Å². The predicted molar refractivity (Wildman–Crippen MR) is 83.3 cm³/mol. The molecule has 0 bridgehead atoms. The van der Waals surface area contributed by atoms with Gasteiger partial charge in [-0.05, 0) is 23.8 Å². The highest BCUT2D eigenvalue weighted by Crippen LogP contribution is 2.58. The third-order valence-corrected chi connectivity index (χ3v) is 4.37. The lowest BCUT2D eigenvalue weighted by Crippen LogP contribution is -2.21. The Kier molecular flexibility index (Phi) is 3.58. The average molecular weight is 348 g/mol. The molecule has 2 aromatic carbocycles. The van der Waals surface area contributed by atoms with Gasteiger partial charge in [-0.3, -0.25) is 0 Å². The van der Waals surface area contributed by atoms with E-state index < -0.39 is 17.2 Å². The van der Waals surface area contributed by atoms with Crippen LogP contribution in [0.3, 0.4) is 0 Å². The van der Waals surface area contributed by atoms with Gasteiger partial charge < -0.3 is 4.74 Å². The van der Waals surface area contributed by atoms with Crippen LogP contribution in [0.4, 0.5) is 8.78 Å². The molecule has 0 saturated carbocycles. The van der Waals surface area contributed by atoms with Gasteiger partial charge in [0.15, 0.2) is 0 Å². The lowest BCUT2D eigenvalue weighted by molar-refractivity contribution is 0.256. The number of hydrogen-bond donors (Lipinski definition) is 0. The average Bonchev–Trinajstić information content (AvgIpc) is 3.02. The minimum atomic E-state index is -0.959. The van der Waals surface area contributed by atoms with Crippen molar-refractivity contribution in [3.8, 4) is 0 Å². The quantitative estimate of drug-likeness (QED) is 0.673. The Balaban J connectivity index is 1.75. The maximum absolute atomic E-state index is 14.4. The Morgan fingerprint density at radius 2 is 1.96 bits per heavy atom. The maximum atomic E-state index is 14.4. The van der Waals surface area contributed by atoms with Crippen LogP contribution in [0.1, 0.15) is 17.2 Å². The van der Waals surface area contributed by atoms with E-state index in [4.69, 9.17) is 16.3 Å². The molecule has 1 aliphatic rings. The van der Waals surface area contributed by atoms with Crippen molar-refractivity contribution in [1.82, 2.24) is 14.8 Å². The van der Waals surface area contributed by atoms with Gasteiger partial charge >= 0.3 is 0 Å². The number of rotatable bonds is 4. The molecule has 24 heavy (non-hydrogen) atoms. The summed E-state index contributed by atoms with van der Waals surface area (Å²) in [5.74, 6) is -1.28. The molecule has 0 radical (unpaired) electrons. The van der Waals surface area contributed by atoms with E-state index >= 15 is 0 Å². The lowest BCUT2D eigenvalue weighted by Gasteiger charge is -2.15. The molecule has 122 valence electrons. The van der Waals surface area contributed by atoms with Gasteiger partial charge in [0.2, 0.25) is 0 Å². The molecular formula is C17H12ClF2N3O. The molecule has 2 heterocycles. The molecule has 2 atom stereocenters. The largest absolute Gasteiger partial charge is 0.354 e. The number of halogens is 3. The predicted octanol–water partition coefficient (Wildman–Crippen LogP) is 3.88. The zero-order chi connectivity index (χ0) is 16.7. The van der Waals surface area contributed by atoms with Gasteiger partial charge in [0.05, 0.1) is 6.54 Å². The van der Waals surface area contributed by atoms with Crippen LogP contribution in [0, 0.1) is 11.6 Å². The topological polar surface area (TPSA) is 43.2 Å². The summed E-state index contributed by atoms with van der Waals surface area (Å²) in [6.07, 6.45) is 2.55. The van der Waals surface area contributed by atoms with Gasteiger partial charge in [0.1, 0.15) is 36.0 Å². The molecule has 0 amide bonds. The van der Waals surface area contributed by atoms with E-state index in [2.05, 4.69) is 10.1 Å². The lowest BCUT2D eigenvalue weighted by atomic mass is 9.91. The molecule has 1 aliphatic heterocycles. The molecule has 4 rings (SSSR count). The zero-order valence-corrected chi connectivity index (χ0v) is 13.1. The molecule has 7 heteroatoms. The molecule has 1 saturated heterocycles. The number of ether oxygens (including phenoxy) is 1. The third kappa shape index (κ3) is 2.57. The molecule has 1 fully saturated rings. The Labute approximate surface area is 141 Å². The fraction of sp³-hybridized carbons (Fsp3) is 0.176. The van der Waals surface area contributed by atoms with Gasteiger partial charge in [-0.15, -0.1) is 0 Å². The summed E-state index contributed by atoms with van der Waals surface area (Å²) in [5.41, 5.74) is 0.196. The van der Waals surface area contributed by atoms with Crippen LogP contribution in [-0.4, -0.2) is 14.8 Å². The van der Waals surface area contributed by atoms with Crippen LogP contribution in [0.15, 0.2) is 55.1 Å². The van der Waals surface area contributed by atoms with E-state index in [1.54, 1.807) is 16.8 Å². The first-order chi connectivity index (χ1) is 11.6. The highest BCUT2D eigenvalue weighted by molar-refractivity contribution is 6.30. The summed E-state index contributed by atoms with van der Waals surface area (Å²) in [6.45, 7) is 0.267. The van der Waals surface area contributed by atoms with Gasteiger partial charge in [0.25, 0.3) is 0 Å². The molecule has 3 aromatic rings. The third-order valence-electron chi connectivity index (χ3n) is 4.12. The normalized spacial score (nSPS) is 22.5. The number of nitrogens with zero attached hydrogens (tertiary/aromatic N) is 3. The van der Waals surface area contributed by atoms with Crippen LogP contribution < -0.4 is 0 Å². The molecule has 2 unspecified atom stereocenters. The van der Waals surface area contributed by atoms with Crippen molar-refractivity contribution >= 4 is 11.6 Å². The van der Waals surface area contributed by atoms with Crippen molar-refractivity contribution in [2.45, 2.75) is 18.2 Å². The van der Waals surface area contributed by atoms with Crippen molar-refractivity contribution < 1.29 is 13.5 Å². The Morgan fingerprint density at radius 1 is 1.17 bits per heavy atom. The number of epoxide rings is 1. The Bertz CT molecular complexity index is 870. The summed E-state index contributed by atoms with van der Waals surface area (Å²) in [7, 11) is 0. The summed E-state index contributed by atoms with van der Waals surface area (Å²) in [5, 5.41) is 4.67. The molecule has 1 aromatic heterocycles. The Hall–Kier alpha value is -2.31. The van der Waals surface area contributed by atoms with Crippen LogP contribution in [0.25, 0.3) is 0 Å². The van der Waals surface area contributed by atoms with Gasteiger partial charge in [-0.2, -0.15) is 5.10 Å². The molecule has 4 nitrogen and oxygen atoms in total. The SMILES string of the molecule is Fc1ccc(C2(Cn3cncn3)OC2c2ccc(Cl)cc2)c(F)c1. The first kappa shape index (κ1) is 15.2. The van der Waals surface area contributed by atoms with Crippen LogP contribution >= 0.6 is 11.6 Å². The van der Waals surface area contributed by atoms with E-state index in [1.165, 1.54) is 24.8 Å². The number of hydrogen-bond acceptors (Lipinski definition) is 3. The maximum Gasteiger partial charge on any atom is 0.147 e. The summed E-state index contributed by atoms with van der Waals surface area (Å²) in [6, 6.07) is 10.7. The van der Waals surface area contributed by atoms with E-state index in [1.807, 2.05) is 12.1 Å². The molecule has 0 aliphatic carbocycles. The highest BCUT2D eigenvalue weighted by atomic mass is 35.5. The summed E-state index contributed by atoms with van der Waals surface area (Å²) < 4.78 is 35.1. The van der Waals surface area contributed by atoms with Gasteiger partial charge in [0, 0.05) is 16.7 Å². The minimum Gasteiger partial charge on any atom is -0.354 e. The first-order valence-electron chi connectivity index (χ1n) is 7.30. The monoisotopic (exact) mass is 347 g/mol. The van der Waals surface area contributed by atoms with Crippen molar-refractivity contribution in [3.05, 3.63) is 82.9 Å². The highest BCUT2D eigenvalue weighted by Gasteiger charge is 2.60. The number of aromatic nitrogens is 3. The second kappa shape index (κ2) is 5.65.